The summed E-state index contributed by atoms with van der Waals surface area (Å²) in [6.45, 7) is 1.52. The summed E-state index contributed by atoms with van der Waals surface area (Å²) in [5.74, 6) is -0.656. The van der Waals surface area contributed by atoms with Crippen molar-refractivity contribution in [3.63, 3.8) is 0 Å². The van der Waals surface area contributed by atoms with Crippen LogP contribution in [0.15, 0.2) is 75.6 Å². The number of aliphatic hydroxyl groups excluding tert-OH is 1. The van der Waals surface area contributed by atoms with Gasteiger partial charge in [-0.2, -0.15) is 0 Å². The van der Waals surface area contributed by atoms with Crippen LogP contribution in [0, 0.1) is 0 Å². The van der Waals surface area contributed by atoms with Gasteiger partial charge in [-0.3, -0.25) is 0 Å². The minimum atomic E-state index is -0.618. The highest BCUT2D eigenvalue weighted by Crippen LogP contribution is 2.35. The fourth-order valence-electron chi connectivity index (χ4n) is 2.67. The van der Waals surface area contributed by atoms with Crippen LogP contribution in [0.25, 0.3) is 11.0 Å². The Kier molecular flexibility index (Phi) is 3.89. The summed E-state index contributed by atoms with van der Waals surface area (Å²) in [4.78, 5) is 12.4. The molecule has 1 heterocycles. The molecule has 1 unspecified atom stereocenters. The Hall–Kier alpha value is -3.01. The average molecular weight is 308 g/mol. The van der Waals surface area contributed by atoms with Crippen LogP contribution < -0.4 is 5.63 Å². The van der Waals surface area contributed by atoms with E-state index in [1.807, 2.05) is 30.3 Å². The van der Waals surface area contributed by atoms with Crippen molar-refractivity contribution in [2.45, 2.75) is 12.8 Å². The molecule has 0 aliphatic carbocycles. The van der Waals surface area contributed by atoms with E-state index in [1.165, 1.54) is 13.0 Å². The van der Waals surface area contributed by atoms with E-state index in [-0.39, 0.29) is 17.1 Å². The SMILES string of the molecule is C/C(O)=C/C(c1ccccc1)c1c(O)c2ccccc2oc1=O. The standard InChI is InChI=1S/C19H16O4/c1-12(20)11-15(13-7-3-2-4-8-13)17-18(21)14-9-5-6-10-16(14)23-19(17)22/h2-11,15,20-21H,1H3/b12-11-. The molecular formula is C19H16O4. The molecule has 0 saturated heterocycles. The third kappa shape index (κ3) is 2.83. The zero-order chi connectivity index (χ0) is 16.4. The molecule has 0 fully saturated rings. The number of benzene rings is 2. The molecule has 0 spiro atoms. The number of aliphatic hydroxyl groups is 1. The lowest BCUT2D eigenvalue weighted by atomic mass is 9.90. The van der Waals surface area contributed by atoms with Crippen LogP contribution in [0.4, 0.5) is 0 Å². The maximum absolute atomic E-state index is 12.4. The molecule has 0 aliphatic heterocycles. The molecular weight excluding hydrogens is 292 g/mol. The van der Waals surface area contributed by atoms with Crippen LogP contribution >= 0.6 is 0 Å². The predicted octanol–water partition coefficient (Wildman–Crippen LogP) is 4.09. The van der Waals surface area contributed by atoms with Gasteiger partial charge in [0.25, 0.3) is 0 Å². The highest BCUT2D eigenvalue weighted by Gasteiger charge is 2.23. The quantitative estimate of drug-likeness (QED) is 0.564. The Balaban J connectivity index is 2.31. The Morgan fingerprint density at radius 1 is 1.09 bits per heavy atom. The van der Waals surface area contributed by atoms with Crippen LogP contribution in [-0.2, 0) is 0 Å². The van der Waals surface area contributed by atoms with Crippen molar-refractivity contribution in [2.24, 2.45) is 0 Å². The summed E-state index contributed by atoms with van der Waals surface area (Å²) in [6.07, 6.45) is 1.52. The first-order valence-electron chi connectivity index (χ1n) is 7.25. The molecule has 4 nitrogen and oxygen atoms in total. The lowest BCUT2D eigenvalue weighted by Gasteiger charge is -2.15. The first-order chi connectivity index (χ1) is 11.1. The van der Waals surface area contributed by atoms with E-state index >= 15 is 0 Å². The monoisotopic (exact) mass is 308 g/mol. The number of hydrogen-bond donors (Lipinski definition) is 2. The van der Waals surface area contributed by atoms with Gasteiger partial charge in [-0.25, -0.2) is 4.79 Å². The maximum Gasteiger partial charge on any atom is 0.344 e. The van der Waals surface area contributed by atoms with Crippen molar-refractivity contribution in [3.8, 4) is 5.75 Å². The maximum atomic E-state index is 12.4. The summed E-state index contributed by atoms with van der Waals surface area (Å²) < 4.78 is 5.33. The van der Waals surface area contributed by atoms with Gasteiger partial charge in [0.1, 0.15) is 11.3 Å². The Bertz CT molecular complexity index is 919. The largest absolute Gasteiger partial charge is 0.513 e. The zero-order valence-electron chi connectivity index (χ0n) is 12.6. The van der Waals surface area contributed by atoms with Crippen molar-refractivity contribution in [1.29, 1.82) is 0 Å². The summed E-state index contributed by atoms with van der Waals surface area (Å²) in [5.41, 5.74) is 0.602. The van der Waals surface area contributed by atoms with Gasteiger partial charge in [0.05, 0.1) is 16.7 Å². The Morgan fingerprint density at radius 3 is 2.43 bits per heavy atom. The van der Waals surface area contributed by atoms with Crippen LogP contribution in [0.3, 0.4) is 0 Å². The lowest BCUT2D eigenvalue weighted by molar-refractivity contribution is 0.409. The number of rotatable bonds is 3. The smallest absolute Gasteiger partial charge is 0.344 e. The van der Waals surface area contributed by atoms with E-state index in [4.69, 9.17) is 4.42 Å². The molecule has 0 radical (unpaired) electrons. The minimum absolute atomic E-state index is 0.0609. The molecule has 1 aromatic heterocycles. The summed E-state index contributed by atoms with van der Waals surface area (Å²) in [7, 11) is 0. The van der Waals surface area contributed by atoms with Gasteiger partial charge in [0, 0.05) is 5.92 Å². The predicted molar refractivity (Wildman–Crippen MR) is 88.8 cm³/mol. The molecule has 2 N–H and O–H groups in total. The molecule has 4 heteroatoms. The number of para-hydroxylation sites is 1. The molecule has 0 bridgehead atoms. The summed E-state index contributed by atoms with van der Waals surface area (Å²) >= 11 is 0. The second-order valence-electron chi connectivity index (χ2n) is 5.34. The van der Waals surface area contributed by atoms with Gasteiger partial charge in [-0.15, -0.1) is 0 Å². The van der Waals surface area contributed by atoms with Crippen molar-refractivity contribution in [1.82, 2.24) is 0 Å². The van der Waals surface area contributed by atoms with Crippen LogP contribution in [0.1, 0.15) is 24.0 Å². The second kappa shape index (κ2) is 6.01. The van der Waals surface area contributed by atoms with Gasteiger partial charge in [-0.05, 0) is 30.7 Å². The van der Waals surface area contributed by atoms with Crippen LogP contribution in [-0.4, -0.2) is 10.2 Å². The van der Waals surface area contributed by atoms with E-state index in [0.717, 1.165) is 5.56 Å². The lowest BCUT2D eigenvalue weighted by Crippen LogP contribution is -2.13. The van der Waals surface area contributed by atoms with Crippen molar-refractivity contribution in [2.75, 3.05) is 0 Å². The molecule has 3 rings (SSSR count). The minimum Gasteiger partial charge on any atom is -0.513 e. The van der Waals surface area contributed by atoms with E-state index in [9.17, 15) is 15.0 Å². The second-order valence-corrected chi connectivity index (χ2v) is 5.34. The van der Waals surface area contributed by atoms with Crippen LogP contribution in [0.2, 0.25) is 0 Å². The van der Waals surface area contributed by atoms with Gasteiger partial charge in [-0.1, -0.05) is 42.5 Å². The normalized spacial score (nSPS) is 13.2. The fourth-order valence-corrected chi connectivity index (χ4v) is 2.67. The number of hydrogen-bond acceptors (Lipinski definition) is 4. The first kappa shape index (κ1) is 14.9. The van der Waals surface area contributed by atoms with Gasteiger partial charge < -0.3 is 14.6 Å². The number of fused-ring (bicyclic) bond motifs is 1. The highest BCUT2D eigenvalue weighted by molar-refractivity contribution is 5.84. The van der Waals surface area contributed by atoms with Crippen molar-refractivity contribution in [3.05, 3.63) is 88.0 Å². The molecule has 116 valence electrons. The van der Waals surface area contributed by atoms with Crippen molar-refractivity contribution >= 4 is 11.0 Å². The zero-order valence-corrected chi connectivity index (χ0v) is 12.6. The molecule has 3 aromatic rings. The Labute approximate surface area is 132 Å². The van der Waals surface area contributed by atoms with Gasteiger partial charge >= 0.3 is 5.63 Å². The third-order valence-electron chi connectivity index (χ3n) is 3.70. The molecule has 0 saturated carbocycles. The topological polar surface area (TPSA) is 70.7 Å². The number of allylic oxidation sites excluding steroid dienone is 2. The van der Waals surface area contributed by atoms with E-state index in [1.54, 1.807) is 24.3 Å². The fraction of sp³-hybridized carbons (Fsp3) is 0.105. The molecule has 23 heavy (non-hydrogen) atoms. The number of aromatic hydroxyl groups is 1. The Morgan fingerprint density at radius 2 is 1.74 bits per heavy atom. The van der Waals surface area contributed by atoms with E-state index < -0.39 is 11.5 Å². The summed E-state index contributed by atoms with van der Waals surface area (Å²) in [5, 5.41) is 20.8. The third-order valence-corrected chi connectivity index (χ3v) is 3.70. The molecule has 1 atom stereocenters. The summed E-state index contributed by atoms with van der Waals surface area (Å²) in [6, 6.07) is 16.0. The van der Waals surface area contributed by atoms with E-state index in [0.29, 0.717) is 11.0 Å². The molecule has 0 amide bonds. The van der Waals surface area contributed by atoms with E-state index in [2.05, 4.69) is 0 Å². The van der Waals surface area contributed by atoms with Gasteiger partial charge in [0.2, 0.25) is 0 Å². The van der Waals surface area contributed by atoms with Gasteiger partial charge in [0.15, 0.2) is 0 Å². The molecule has 2 aromatic carbocycles. The van der Waals surface area contributed by atoms with Crippen LogP contribution in [0.5, 0.6) is 5.75 Å². The van der Waals surface area contributed by atoms with Crippen molar-refractivity contribution < 1.29 is 14.6 Å². The first-order valence-corrected chi connectivity index (χ1v) is 7.25. The molecule has 0 aliphatic rings. The average Bonchev–Trinajstić information content (AvgIpc) is 2.54. The highest BCUT2D eigenvalue weighted by atomic mass is 16.4.